The van der Waals surface area contributed by atoms with Crippen molar-refractivity contribution >= 4 is 31.9 Å². The number of carbonyl (C=O) groups excluding carboxylic acids is 1. The predicted molar refractivity (Wildman–Crippen MR) is 82.4 cm³/mol. The molecule has 1 heterocycles. The summed E-state index contributed by atoms with van der Waals surface area (Å²) in [6.45, 7) is 1.94. The van der Waals surface area contributed by atoms with Crippen molar-refractivity contribution in [3.05, 3.63) is 63.6 Å². The van der Waals surface area contributed by atoms with Crippen molar-refractivity contribution in [1.29, 1.82) is 0 Å². The van der Waals surface area contributed by atoms with Gasteiger partial charge in [-0.15, -0.1) is 0 Å². The number of fused-ring (bicyclic) bond motifs is 1. The largest absolute Gasteiger partial charge is 0.269 e. The van der Waals surface area contributed by atoms with Gasteiger partial charge in [0.2, 0.25) is 0 Å². The van der Waals surface area contributed by atoms with E-state index < -0.39 is 15.9 Å². The van der Waals surface area contributed by atoms with Crippen molar-refractivity contribution < 1.29 is 13.2 Å². The van der Waals surface area contributed by atoms with Crippen LogP contribution in [0.1, 0.15) is 21.5 Å². The van der Waals surface area contributed by atoms with Crippen LogP contribution in [0.15, 0.2) is 51.8 Å². The molecule has 0 saturated heterocycles. The van der Waals surface area contributed by atoms with E-state index in [0.29, 0.717) is 0 Å². The molecule has 0 atom stereocenters. The van der Waals surface area contributed by atoms with Gasteiger partial charge >= 0.3 is 0 Å². The summed E-state index contributed by atoms with van der Waals surface area (Å²) in [7, 11) is -3.75. The first-order chi connectivity index (χ1) is 9.91. The molecule has 6 heteroatoms. The van der Waals surface area contributed by atoms with E-state index in [-0.39, 0.29) is 17.0 Å². The van der Waals surface area contributed by atoms with Gasteiger partial charge < -0.3 is 0 Å². The summed E-state index contributed by atoms with van der Waals surface area (Å²) < 4.78 is 26.8. The second-order valence-corrected chi connectivity index (χ2v) is 7.63. The van der Waals surface area contributed by atoms with E-state index in [9.17, 15) is 13.2 Å². The van der Waals surface area contributed by atoms with E-state index in [0.717, 1.165) is 19.9 Å². The Morgan fingerprint density at radius 2 is 1.86 bits per heavy atom. The highest BCUT2D eigenvalue weighted by Crippen LogP contribution is 2.31. The van der Waals surface area contributed by atoms with Gasteiger partial charge in [-0.25, -0.2) is 12.7 Å². The summed E-state index contributed by atoms with van der Waals surface area (Å²) in [4.78, 5) is 12.4. The Labute approximate surface area is 131 Å². The number of hydrogen-bond donors (Lipinski definition) is 0. The second-order valence-electron chi connectivity index (χ2n) is 4.88. The summed E-state index contributed by atoms with van der Waals surface area (Å²) in [5.41, 5.74) is 1.98. The molecular weight excluding hydrogens is 354 g/mol. The summed E-state index contributed by atoms with van der Waals surface area (Å²) in [5, 5.41) is 0. The molecule has 4 nitrogen and oxygen atoms in total. The summed E-state index contributed by atoms with van der Waals surface area (Å²) in [6, 6.07) is 11.9. The number of hydrogen-bond acceptors (Lipinski definition) is 3. The first-order valence-corrected chi connectivity index (χ1v) is 8.55. The number of sulfonamides is 1. The third-order valence-electron chi connectivity index (χ3n) is 3.53. The van der Waals surface area contributed by atoms with Crippen LogP contribution in [0.5, 0.6) is 0 Å². The molecule has 1 aliphatic heterocycles. The summed E-state index contributed by atoms with van der Waals surface area (Å²) in [6.07, 6.45) is 0. The Kier molecular flexibility index (Phi) is 3.37. The Bertz CT molecular complexity index is 846. The van der Waals surface area contributed by atoms with E-state index in [4.69, 9.17) is 0 Å². The molecule has 0 fully saturated rings. The van der Waals surface area contributed by atoms with Crippen molar-refractivity contribution in [2.45, 2.75) is 18.4 Å². The first kappa shape index (κ1) is 14.3. The quantitative estimate of drug-likeness (QED) is 0.821. The molecule has 1 amide bonds. The fraction of sp³-hybridized carbons (Fsp3) is 0.133. The van der Waals surface area contributed by atoms with E-state index in [1.54, 1.807) is 18.2 Å². The van der Waals surface area contributed by atoms with E-state index in [2.05, 4.69) is 15.9 Å². The average molecular weight is 366 g/mol. The number of amides is 1. The SMILES string of the molecule is Cc1cc(Br)ccc1CN1C(=O)c2ccccc2S1(=O)=O. The smallest absolute Gasteiger partial charge is 0.268 e. The van der Waals surface area contributed by atoms with Crippen molar-refractivity contribution in [3.63, 3.8) is 0 Å². The van der Waals surface area contributed by atoms with Crippen LogP contribution < -0.4 is 0 Å². The molecule has 0 N–H and O–H groups in total. The van der Waals surface area contributed by atoms with Crippen molar-refractivity contribution in [3.8, 4) is 0 Å². The molecule has 0 spiro atoms. The van der Waals surface area contributed by atoms with Gasteiger partial charge in [-0.3, -0.25) is 4.79 Å². The monoisotopic (exact) mass is 365 g/mol. The van der Waals surface area contributed by atoms with Crippen LogP contribution >= 0.6 is 15.9 Å². The standard InChI is InChI=1S/C15H12BrNO3S/c1-10-8-12(16)7-6-11(10)9-17-15(18)13-4-2-3-5-14(13)21(17,19)20/h2-8H,9H2,1H3. The Balaban J connectivity index is 2.03. The molecule has 0 saturated carbocycles. The average Bonchev–Trinajstić information content (AvgIpc) is 2.63. The van der Waals surface area contributed by atoms with Gasteiger partial charge in [0.15, 0.2) is 0 Å². The lowest BCUT2D eigenvalue weighted by molar-refractivity contribution is 0.0865. The van der Waals surface area contributed by atoms with Crippen molar-refractivity contribution in [1.82, 2.24) is 4.31 Å². The van der Waals surface area contributed by atoms with E-state index in [1.807, 2.05) is 25.1 Å². The molecule has 0 radical (unpaired) electrons. The molecule has 0 bridgehead atoms. The molecule has 21 heavy (non-hydrogen) atoms. The van der Waals surface area contributed by atoms with Crippen LogP contribution in [0.3, 0.4) is 0 Å². The summed E-state index contributed by atoms with van der Waals surface area (Å²) in [5.74, 6) is -0.465. The van der Waals surface area contributed by atoms with Crippen LogP contribution in [0.2, 0.25) is 0 Å². The van der Waals surface area contributed by atoms with Gasteiger partial charge in [0, 0.05) is 4.47 Å². The molecule has 2 aromatic carbocycles. The molecule has 108 valence electrons. The van der Waals surface area contributed by atoms with Gasteiger partial charge in [-0.2, -0.15) is 0 Å². The number of benzene rings is 2. The molecule has 1 aliphatic rings. The zero-order valence-corrected chi connectivity index (χ0v) is 13.6. The third kappa shape index (κ3) is 2.28. The Morgan fingerprint density at radius 1 is 1.14 bits per heavy atom. The summed E-state index contributed by atoms with van der Waals surface area (Å²) >= 11 is 3.37. The maximum atomic E-state index is 12.5. The third-order valence-corrected chi connectivity index (χ3v) is 5.81. The van der Waals surface area contributed by atoms with Gasteiger partial charge in [0.25, 0.3) is 15.9 Å². The zero-order valence-electron chi connectivity index (χ0n) is 11.2. The van der Waals surface area contributed by atoms with Crippen molar-refractivity contribution in [2.75, 3.05) is 0 Å². The number of nitrogens with zero attached hydrogens (tertiary/aromatic N) is 1. The molecule has 3 rings (SSSR count). The van der Waals surface area contributed by atoms with Gasteiger partial charge in [0.05, 0.1) is 12.1 Å². The minimum Gasteiger partial charge on any atom is -0.268 e. The lowest BCUT2D eigenvalue weighted by Gasteiger charge is -2.16. The number of rotatable bonds is 2. The normalized spacial score (nSPS) is 16.1. The molecule has 0 aromatic heterocycles. The Morgan fingerprint density at radius 3 is 2.52 bits per heavy atom. The van der Waals surface area contributed by atoms with Gasteiger partial charge in [0.1, 0.15) is 4.90 Å². The fourth-order valence-corrected chi connectivity index (χ4v) is 4.40. The lowest BCUT2D eigenvalue weighted by Crippen LogP contribution is -2.29. The predicted octanol–water partition coefficient (Wildman–Crippen LogP) is 3.10. The van der Waals surface area contributed by atoms with E-state index in [1.165, 1.54) is 6.07 Å². The number of halogens is 1. The first-order valence-electron chi connectivity index (χ1n) is 6.32. The minimum atomic E-state index is -3.75. The van der Waals surface area contributed by atoms with Gasteiger partial charge in [-0.1, -0.05) is 34.1 Å². The minimum absolute atomic E-state index is 0.0506. The lowest BCUT2D eigenvalue weighted by atomic mass is 10.1. The molecular formula is C15H12BrNO3S. The highest BCUT2D eigenvalue weighted by molar-refractivity contribution is 9.10. The molecule has 2 aromatic rings. The maximum Gasteiger partial charge on any atom is 0.269 e. The maximum absolute atomic E-state index is 12.5. The number of aryl methyl sites for hydroxylation is 1. The van der Waals surface area contributed by atoms with Crippen LogP contribution in [0.25, 0.3) is 0 Å². The van der Waals surface area contributed by atoms with Crippen LogP contribution in [-0.4, -0.2) is 18.6 Å². The molecule has 0 aliphatic carbocycles. The van der Waals surface area contributed by atoms with Crippen LogP contribution in [-0.2, 0) is 16.6 Å². The van der Waals surface area contributed by atoms with Crippen molar-refractivity contribution in [2.24, 2.45) is 0 Å². The van der Waals surface area contributed by atoms with Crippen LogP contribution in [0.4, 0.5) is 0 Å². The second kappa shape index (κ2) is 4.96. The Hall–Kier alpha value is -1.66. The van der Waals surface area contributed by atoms with Crippen LogP contribution in [0, 0.1) is 6.92 Å². The fourth-order valence-electron chi connectivity index (χ4n) is 2.38. The topological polar surface area (TPSA) is 54.5 Å². The van der Waals surface area contributed by atoms with Gasteiger partial charge in [-0.05, 0) is 42.3 Å². The highest BCUT2D eigenvalue weighted by atomic mass is 79.9. The van der Waals surface area contributed by atoms with E-state index >= 15 is 0 Å². The molecule has 0 unspecified atom stereocenters. The zero-order chi connectivity index (χ0) is 15.2. The highest BCUT2D eigenvalue weighted by Gasteiger charge is 2.40. The number of carbonyl (C=O) groups is 1.